The summed E-state index contributed by atoms with van der Waals surface area (Å²) >= 11 is 4.95. The van der Waals surface area contributed by atoms with Crippen LogP contribution in [-0.4, -0.2) is 14.9 Å². The maximum atomic E-state index is 5.74. The largest absolute Gasteiger partial charge is 0.453 e. The van der Waals surface area contributed by atoms with Crippen molar-refractivity contribution in [3.05, 3.63) is 47.2 Å². The number of hydrogen-bond donors (Lipinski definition) is 2. The highest BCUT2D eigenvalue weighted by Crippen LogP contribution is 2.26. The second kappa shape index (κ2) is 4.15. The van der Waals surface area contributed by atoms with Crippen molar-refractivity contribution >= 4 is 12.2 Å². The molecule has 18 heavy (non-hydrogen) atoms. The summed E-state index contributed by atoms with van der Waals surface area (Å²) in [4.78, 5) is 0. The number of H-pyrrole nitrogens is 1. The molecule has 3 rings (SSSR count). The predicted molar refractivity (Wildman–Crippen MR) is 70.7 cm³/mol. The zero-order valence-electron chi connectivity index (χ0n) is 9.33. The molecular formula is C12H10N4OS. The van der Waals surface area contributed by atoms with E-state index in [-0.39, 0.29) is 0 Å². The molecule has 90 valence electrons. The number of hydrogen-bond acceptors (Lipinski definition) is 4. The van der Waals surface area contributed by atoms with Gasteiger partial charge in [-0.25, -0.2) is 9.77 Å². The van der Waals surface area contributed by atoms with E-state index in [1.165, 1.54) is 4.68 Å². The van der Waals surface area contributed by atoms with Gasteiger partial charge in [-0.15, -0.1) is 5.10 Å². The van der Waals surface area contributed by atoms with Crippen LogP contribution in [0, 0.1) is 4.77 Å². The standard InChI is InChI=1S/C12H10N4OS/c13-16-11(14-15-12(16)18)10-7-6-9(17-10)8-4-2-1-3-5-8/h1-7H,13H2,(H,15,18). The Morgan fingerprint density at radius 2 is 1.83 bits per heavy atom. The number of nitrogen functional groups attached to an aromatic ring is 1. The molecule has 0 saturated heterocycles. The first kappa shape index (κ1) is 10.8. The van der Waals surface area contributed by atoms with Gasteiger partial charge in [0.05, 0.1) is 0 Å². The molecule has 0 aliphatic carbocycles. The lowest BCUT2D eigenvalue weighted by atomic mass is 10.2. The second-order valence-corrected chi connectivity index (χ2v) is 4.14. The van der Waals surface area contributed by atoms with Crippen molar-refractivity contribution in [3.8, 4) is 22.9 Å². The van der Waals surface area contributed by atoms with Crippen molar-refractivity contribution in [1.82, 2.24) is 14.9 Å². The van der Waals surface area contributed by atoms with Crippen molar-refractivity contribution in [2.45, 2.75) is 0 Å². The number of benzene rings is 1. The molecule has 0 spiro atoms. The van der Waals surface area contributed by atoms with Crippen LogP contribution in [0.2, 0.25) is 0 Å². The number of nitrogens with two attached hydrogens (primary N) is 1. The monoisotopic (exact) mass is 258 g/mol. The van der Waals surface area contributed by atoms with E-state index >= 15 is 0 Å². The highest BCUT2D eigenvalue weighted by Gasteiger charge is 2.11. The molecule has 1 aromatic carbocycles. The van der Waals surface area contributed by atoms with Gasteiger partial charge in [-0.3, -0.25) is 0 Å². The molecule has 5 nitrogen and oxygen atoms in total. The molecule has 0 aliphatic heterocycles. The number of furan rings is 1. The zero-order chi connectivity index (χ0) is 12.5. The second-order valence-electron chi connectivity index (χ2n) is 3.75. The Hall–Kier alpha value is -2.34. The van der Waals surface area contributed by atoms with Crippen LogP contribution in [0.5, 0.6) is 0 Å². The molecule has 3 aromatic rings. The van der Waals surface area contributed by atoms with Gasteiger partial charge in [0.1, 0.15) is 5.76 Å². The molecule has 3 N–H and O–H groups in total. The summed E-state index contributed by atoms with van der Waals surface area (Å²) in [6, 6.07) is 13.5. The lowest BCUT2D eigenvalue weighted by Gasteiger charge is -1.97. The SMILES string of the molecule is Nn1c(-c2ccc(-c3ccccc3)o2)n[nH]c1=S. The van der Waals surface area contributed by atoms with Crippen molar-refractivity contribution in [1.29, 1.82) is 0 Å². The number of aromatic nitrogens is 3. The lowest BCUT2D eigenvalue weighted by Crippen LogP contribution is -2.09. The van der Waals surface area contributed by atoms with Crippen molar-refractivity contribution in [3.63, 3.8) is 0 Å². The first-order chi connectivity index (χ1) is 8.75. The van der Waals surface area contributed by atoms with Crippen LogP contribution in [0.15, 0.2) is 46.9 Å². The number of rotatable bonds is 2. The van der Waals surface area contributed by atoms with Gasteiger partial charge in [-0.2, -0.15) is 0 Å². The first-order valence-corrected chi connectivity index (χ1v) is 5.74. The minimum absolute atomic E-state index is 0.350. The van der Waals surface area contributed by atoms with E-state index in [9.17, 15) is 0 Å². The Morgan fingerprint density at radius 1 is 1.11 bits per heavy atom. The predicted octanol–water partition coefficient (Wildman–Crippen LogP) is 2.58. The molecule has 0 amide bonds. The molecule has 6 heteroatoms. The molecular weight excluding hydrogens is 248 g/mol. The smallest absolute Gasteiger partial charge is 0.216 e. The van der Waals surface area contributed by atoms with E-state index in [1.54, 1.807) is 0 Å². The number of nitrogens with zero attached hydrogens (tertiary/aromatic N) is 2. The quantitative estimate of drug-likeness (QED) is 0.547. The van der Waals surface area contributed by atoms with Gasteiger partial charge < -0.3 is 10.3 Å². The van der Waals surface area contributed by atoms with E-state index in [2.05, 4.69) is 10.2 Å². The molecule has 0 atom stereocenters. The van der Waals surface area contributed by atoms with Gasteiger partial charge in [0.15, 0.2) is 5.76 Å². The fraction of sp³-hybridized carbons (Fsp3) is 0. The average Bonchev–Trinajstić information content (AvgIpc) is 3.00. The zero-order valence-corrected chi connectivity index (χ0v) is 10.1. The summed E-state index contributed by atoms with van der Waals surface area (Å²) in [5.41, 5.74) is 1.00. The summed E-state index contributed by atoms with van der Waals surface area (Å²) in [5, 5.41) is 6.63. The van der Waals surface area contributed by atoms with Crippen LogP contribution in [0.3, 0.4) is 0 Å². The fourth-order valence-corrected chi connectivity index (χ4v) is 1.83. The third-order valence-corrected chi connectivity index (χ3v) is 2.88. The van der Waals surface area contributed by atoms with Gasteiger partial charge >= 0.3 is 0 Å². The minimum Gasteiger partial charge on any atom is -0.453 e. The highest BCUT2D eigenvalue weighted by molar-refractivity contribution is 7.71. The molecule has 0 bridgehead atoms. The Labute approximate surface area is 108 Å². The summed E-state index contributed by atoms with van der Waals surface area (Å²) in [6.45, 7) is 0. The van der Waals surface area contributed by atoms with Gasteiger partial charge in [0.2, 0.25) is 10.6 Å². The van der Waals surface area contributed by atoms with Gasteiger partial charge in [-0.05, 0) is 24.4 Å². The summed E-state index contributed by atoms with van der Waals surface area (Å²) in [6.07, 6.45) is 0. The Bertz CT molecular complexity index is 726. The summed E-state index contributed by atoms with van der Waals surface area (Å²) in [5.74, 6) is 7.55. The number of nitrogens with one attached hydrogen (secondary N) is 1. The van der Waals surface area contributed by atoms with E-state index in [0.717, 1.165) is 11.3 Å². The highest BCUT2D eigenvalue weighted by atomic mass is 32.1. The summed E-state index contributed by atoms with van der Waals surface area (Å²) < 4.78 is 7.35. The Morgan fingerprint density at radius 3 is 2.50 bits per heavy atom. The average molecular weight is 258 g/mol. The van der Waals surface area contributed by atoms with Gasteiger partial charge in [0.25, 0.3) is 0 Å². The van der Waals surface area contributed by atoms with Crippen LogP contribution in [-0.2, 0) is 0 Å². The fourth-order valence-electron chi connectivity index (χ4n) is 1.69. The maximum Gasteiger partial charge on any atom is 0.216 e. The molecule has 0 radical (unpaired) electrons. The third kappa shape index (κ3) is 1.72. The Balaban J connectivity index is 2.05. The van der Waals surface area contributed by atoms with Gasteiger partial charge in [-0.1, -0.05) is 30.3 Å². The lowest BCUT2D eigenvalue weighted by molar-refractivity contribution is 0.589. The van der Waals surface area contributed by atoms with Crippen molar-refractivity contribution in [2.75, 3.05) is 5.84 Å². The molecule has 0 unspecified atom stereocenters. The maximum absolute atomic E-state index is 5.74. The van der Waals surface area contributed by atoms with Crippen LogP contribution >= 0.6 is 12.2 Å². The molecule has 0 fully saturated rings. The number of aromatic amines is 1. The van der Waals surface area contributed by atoms with E-state index < -0.39 is 0 Å². The first-order valence-electron chi connectivity index (χ1n) is 5.34. The van der Waals surface area contributed by atoms with E-state index in [1.807, 2.05) is 42.5 Å². The van der Waals surface area contributed by atoms with Gasteiger partial charge in [0, 0.05) is 5.56 Å². The van der Waals surface area contributed by atoms with Crippen LogP contribution < -0.4 is 5.84 Å². The molecule has 0 aliphatic rings. The van der Waals surface area contributed by atoms with Crippen molar-refractivity contribution in [2.24, 2.45) is 0 Å². The summed E-state index contributed by atoms with van der Waals surface area (Å²) in [7, 11) is 0. The molecule has 0 saturated carbocycles. The van der Waals surface area contributed by atoms with Crippen LogP contribution in [0.25, 0.3) is 22.9 Å². The van der Waals surface area contributed by atoms with E-state index in [0.29, 0.717) is 16.4 Å². The minimum atomic E-state index is 0.350. The van der Waals surface area contributed by atoms with Crippen LogP contribution in [0.1, 0.15) is 0 Å². The molecule has 2 heterocycles. The van der Waals surface area contributed by atoms with E-state index in [4.69, 9.17) is 22.5 Å². The third-order valence-electron chi connectivity index (χ3n) is 2.59. The Kier molecular flexibility index (Phi) is 2.49. The normalized spacial score (nSPS) is 10.7. The topological polar surface area (TPSA) is 72.8 Å². The van der Waals surface area contributed by atoms with Crippen molar-refractivity contribution < 1.29 is 4.42 Å². The molecule has 2 aromatic heterocycles. The van der Waals surface area contributed by atoms with Crippen LogP contribution in [0.4, 0.5) is 0 Å².